The maximum atomic E-state index is 11.5. The van der Waals surface area contributed by atoms with Crippen molar-refractivity contribution < 1.29 is 14.3 Å². The van der Waals surface area contributed by atoms with Crippen LogP contribution in [-0.2, 0) is 20.7 Å². The van der Waals surface area contributed by atoms with Gasteiger partial charge in [-0.15, -0.1) is 0 Å². The molecule has 19 heavy (non-hydrogen) atoms. The highest BCUT2D eigenvalue weighted by Gasteiger charge is 2.04. The Bertz CT molecular complexity index is 415. The quantitative estimate of drug-likeness (QED) is 0.441. The topological polar surface area (TPSA) is 81.4 Å². The molecule has 5 nitrogen and oxygen atoms in total. The van der Waals surface area contributed by atoms with Crippen LogP contribution in [0, 0.1) is 0 Å². The predicted molar refractivity (Wildman–Crippen MR) is 73.4 cm³/mol. The molecule has 1 aromatic carbocycles. The van der Waals surface area contributed by atoms with E-state index in [4.69, 9.17) is 10.5 Å². The fraction of sp³-hybridized carbons (Fsp3) is 0.429. The van der Waals surface area contributed by atoms with Crippen molar-refractivity contribution >= 4 is 17.6 Å². The predicted octanol–water partition coefficient (Wildman–Crippen LogP) is 1.27. The second-order valence-corrected chi connectivity index (χ2v) is 4.24. The molecule has 5 heteroatoms. The van der Waals surface area contributed by atoms with Gasteiger partial charge in [-0.1, -0.05) is 12.1 Å². The van der Waals surface area contributed by atoms with Crippen molar-refractivity contribution in [2.45, 2.75) is 25.7 Å². The number of benzene rings is 1. The Labute approximate surface area is 113 Å². The van der Waals surface area contributed by atoms with Crippen molar-refractivity contribution in [3.8, 4) is 0 Å². The summed E-state index contributed by atoms with van der Waals surface area (Å²) in [5.74, 6) is -0.286. The number of esters is 1. The molecule has 3 N–H and O–H groups in total. The highest BCUT2D eigenvalue weighted by Crippen LogP contribution is 2.08. The number of carbonyl (C=O) groups is 2. The summed E-state index contributed by atoms with van der Waals surface area (Å²) < 4.78 is 5.04. The second kappa shape index (κ2) is 8.13. The SMILES string of the molecule is CNC(=O)CCCOC(=O)CCc1ccc(N)cc1. The van der Waals surface area contributed by atoms with E-state index in [1.165, 1.54) is 0 Å². The number of nitrogen functional groups attached to an aromatic ring is 1. The van der Waals surface area contributed by atoms with Crippen molar-refractivity contribution in [2.24, 2.45) is 0 Å². The van der Waals surface area contributed by atoms with E-state index in [1.807, 2.05) is 24.3 Å². The van der Waals surface area contributed by atoms with Crippen molar-refractivity contribution in [2.75, 3.05) is 19.4 Å². The monoisotopic (exact) mass is 264 g/mol. The van der Waals surface area contributed by atoms with E-state index in [9.17, 15) is 9.59 Å². The molecule has 0 aromatic heterocycles. The van der Waals surface area contributed by atoms with E-state index in [1.54, 1.807) is 7.05 Å². The summed E-state index contributed by atoms with van der Waals surface area (Å²) in [6.07, 6.45) is 1.90. The average Bonchev–Trinajstić information content (AvgIpc) is 2.42. The third-order valence-corrected chi connectivity index (χ3v) is 2.69. The van der Waals surface area contributed by atoms with Gasteiger partial charge in [0.05, 0.1) is 6.61 Å². The molecule has 0 aliphatic carbocycles. The van der Waals surface area contributed by atoms with Gasteiger partial charge in [-0.05, 0) is 30.5 Å². The fourth-order valence-corrected chi connectivity index (χ4v) is 1.55. The Hall–Kier alpha value is -2.04. The van der Waals surface area contributed by atoms with Gasteiger partial charge in [0.15, 0.2) is 0 Å². The third-order valence-electron chi connectivity index (χ3n) is 2.69. The molecule has 0 saturated heterocycles. The van der Waals surface area contributed by atoms with E-state index in [-0.39, 0.29) is 18.5 Å². The largest absolute Gasteiger partial charge is 0.466 e. The number of nitrogens with two attached hydrogens (primary N) is 1. The summed E-state index contributed by atoms with van der Waals surface area (Å²) in [7, 11) is 1.58. The second-order valence-electron chi connectivity index (χ2n) is 4.24. The van der Waals surface area contributed by atoms with Gasteiger partial charge in [-0.25, -0.2) is 0 Å². The van der Waals surface area contributed by atoms with Crippen LogP contribution >= 0.6 is 0 Å². The van der Waals surface area contributed by atoms with Gasteiger partial charge in [0.25, 0.3) is 0 Å². The summed E-state index contributed by atoms with van der Waals surface area (Å²) in [4.78, 5) is 22.4. The molecule has 1 rings (SSSR count). The van der Waals surface area contributed by atoms with E-state index in [0.717, 1.165) is 5.56 Å². The summed E-state index contributed by atoms with van der Waals surface area (Å²) in [6, 6.07) is 7.41. The van der Waals surface area contributed by atoms with E-state index >= 15 is 0 Å². The van der Waals surface area contributed by atoms with Crippen molar-refractivity contribution in [1.82, 2.24) is 5.32 Å². The van der Waals surface area contributed by atoms with Crippen LogP contribution in [0.1, 0.15) is 24.8 Å². The van der Waals surface area contributed by atoms with Crippen LogP contribution in [0.4, 0.5) is 5.69 Å². The Balaban J connectivity index is 2.14. The molecule has 1 amide bonds. The lowest BCUT2D eigenvalue weighted by molar-refractivity contribution is -0.144. The summed E-state index contributed by atoms with van der Waals surface area (Å²) in [5, 5.41) is 2.51. The minimum absolute atomic E-state index is 0.0436. The standard InChI is InChI=1S/C14H20N2O3/c1-16-13(17)3-2-10-19-14(18)9-6-11-4-7-12(15)8-5-11/h4-5,7-8H,2-3,6,9-10,15H2,1H3,(H,16,17). The lowest BCUT2D eigenvalue weighted by Gasteiger charge is -2.05. The van der Waals surface area contributed by atoms with Gasteiger partial charge in [0.2, 0.25) is 5.91 Å². The lowest BCUT2D eigenvalue weighted by atomic mass is 10.1. The number of hydrogen-bond donors (Lipinski definition) is 2. The van der Waals surface area contributed by atoms with Gasteiger partial charge in [0, 0.05) is 25.6 Å². The number of carbonyl (C=O) groups excluding carboxylic acids is 2. The maximum Gasteiger partial charge on any atom is 0.306 e. The number of hydrogen-bond acceptors (Lipinski definition) is 4. The number of aryl methyl sites for hydroxylation is 1. The van der Waals surface area contributed by atoms with Crippen LogP contribution < -0.4 is 11.1 Å². The molecule has 0 saturated carbocycles. The third kappa shape index (κ3) is 6.45. The van der Waals surface area contributed by atoms with Crippen LogP contribution in [0.5, 0.6) is 0 Å². The molecular weight excluding hydrogens is 244 g/mol. The number of amides is 1. The first-order valence-corrected chi connectivity index (χ1v) is 6.32. The zero-order valence-electron chi connectivity index (χ0n) is 11.1. The van der Waals surface area contributed by atoms with E-state index < -0.39 is 0 Å². The lowest BCUT2D eigenvalue weighted by Crippen LogP contribution is -2.18. The van der Waals surface area contributed by atoms with Crippen molar-refractivity contribution in [1.29, 1.82) is 0 Å². The minimum atomic E-state index is -0.242. The van der Waals surface area contributed by atoms with Crippen molar-refractivity contribution in [3.05, 3.63) is 29.8 Å². The highest BCUT2D eigenvalue weighted by molar-refractivity contribution is 5.75. The molecule has 0 atom stereocenters. The number of rotatable bonds is 7. The van der Waals surface area contributed by atoms with Crippen molar-refractivity contribution in [3.63, 3.8) is 0 Å². The van der Waals surface area contributed by atoms with Gasteiger partial charge >= 0.3 is 5.97 Å². The zero-order valence-corrected chi connectivity index (χ0v) is 11.1. The molecule has 0 radical (unpaired) electrons. The number of anilines is 1. The van der Waals surface area contributed by atoms with Crippen LogP contribution in [0.25, 0.3) is 0 Å². The molecule has 1 aromatic rings. The van der Waals surface area contributed by atoms with Gasteiger partial charge in [-0.3, -0.25) is 9.59 Å². The normalized spacial score (nSPS) is 9.95. The summed E-state index contributed by atoms with van der Waals surface area (Å²) in [6.45, 7) is 0.286. The highest BCUT2D eigenvalue weighted by atomic mass is 16.5. The van der Waals surface area contributed by atoms with Crippen LogP contribution in [0.3, 0.4) is 0 Å². The number of ether oxygens (including phenoxy) is 1. The molecule has 0 aliphatic heterocycles. The molecule has 0 aliphatic rings. The number of nitrogens with one attached hydrogen (secondary N) is 1. The molecule has 0 fully saturated rings. The Morgan fingerprint density at radius 1 is 1.21 bits per heavy atom. The molecule has 0 bridgehead atoms. The first kappa shape index (κ1) is 15.0. The maximum absolute atomic E-state index is 11.5. The average molecular weight is 264 g/mol. The van der Waals surface area contributed by atoms with E-state index in [0.29, 0.717) is 31.4 Å². The van der Waals surface area contributed by atoms with Crippen LogP contribution in [-0.4, -0.2) is 25.5 Å². The zero-order chi connectivity index (χ0) is 14.1. The smallest absolute Gasteiger partial charge is 0.306 e. The van der Waals surface area contributed by atoms with Crippen LogP contribution in [0.2, 0.25) is 0 Å². The minimum Gasteiger partial charge on any atom is -0.466 e. The van der Waals surface area contributed by atoms with Gasteiger partial charge in [0.1, 0.15) is 0 Å². The Morgan fingerprint density at radius 3 is 2.53 bits per heavy atom. The van der Waals surface area contributed by atoms with Gasteiger partial charge < -0.3 is 15.8 Å². The van der Waals surface area contributed by atoms with Crippen LogP contribution in [0.15, 0.2) is 24.3 Å². The van der Waals surface area contributed by atoms with E-state index in [2.05, 4.69) is 5.32 Å². The first-order valence-electron chi connectivity index (χ1n) is 6.32. The van der Waals surface area contributed by atoms with Gasteiger partial charge in [-0.2, -0.15) is 0 Å². The molecule has 104 valence electrons. The molecule has 0 spiro atoms. The molecule has 0 unspecified atom stereocenters. The Morgan fingerprint density at radius 2 is 1.89 bits per heavy atom. The Kier molecular flexibility index (Phi) is 6.43. The fourth-order valence-electron chi connectivity index (χ4n) is 1.55. The molecule has 0 heterocycles. The summed E-state index contributed by atoms with van der Waals surface area (Å²) in [5.41, 5.74) is 7.34. The summed E-state index contributed by atoms with van der Waals surface area (Å²) >= 11 is 0. The molecular formula is C14H20N2O3. The first-order chi connectivity index (χ1) is 9.11.